The molecular formula is C48H53N7O9S. The maximum Gasteiger partial charge on any atom is 0.266 e. The minimum Gasteiger partial charge on any atom is -0.493 e. The summed E-state index contributed by atoms with van der Waals surface area (Å²) in [6, 6.07) is 13.2. The number of benzene rings is 2. The first kappa shape index (κ1) is 46.4. The number of nitrogens with one attached hydrogen (secondary N) is 2. The fraction of sp³-hybridized carbons (Fsp3) is 0.417. The Kier molecular flexibility index (Phi) is 14.9. The number of piperidine rings is 2. The van der Waals surface area contributed by atoms with Crippen molar-refractivity contribution in [1.82, 2.24) is 30.4 Å². The van der Waals surface area contributed by atoms with Gasteiger partial charge in [-0.1, -0.05) is 42.9 Å². The standard InChI is InChI=1S/C48H53N7O9S/c1-48(2,62)20-16-30-9-7-10-31(25-30)29-64-37-26-33(27-51-43(37)49)38-28-52-45(65-38)32-18-22-54(23-19-32)41(58)17-21-50-39(56)13-5-3-4-6-24-63-36-12-8-11-34-42(36)47(61)55(46(34)60)35-14-15-40(57)53-44(35)59/h7-12,25-28,32,35,62H,3-6,13-15,17-19,21-24,29H2,1-2H3,(H2,49,51)(H,50,56)(H,53,57,59). The number of thiazole rings is 1. The van der Waals surface area contributed by atoms with Gasteiger partial charge in [-0.05, 0) is 81.8 Å². The molecule has 340 valence electrons. The normalized spacial score (nSPS) is 16.4. The summed E-state index contributed by atoms with van der Waals surface area (Å²) in [7, 11) is 0. The number of likely N-dealkylation sites (tertiary alicyclic amines) is 1. The molecule has 5 N–H and O–H groups in total. The van der Waals surface area contributed by atoms with Crippen LogP contribution < -0.4 is 25.8 Å². The van der Waals surface area contributed by atoms with Gasteiger partial charge in [0.2, 0.25) is 23.6 Å². The third kappa shape index (κ3) is 11.9. The Bertz CT molecular complexity index is 2510. The highest BCUT2D eigenvalue weighted by molar-refractivity contribution is 7.15. The highest BCUT2D eigenvalue weighted by atomic mass is 32.1. The van der Waals surface area contributed by atoms with E-state index in [-0.39, 0.29) is 72.8 Å². The Labute approximate surface area is 381 Å². The van der Waals surface area contributed by atoms with Crippen LogP contribution in [0.15, 0.2) is 60.9 Å². The molecule has 16 nitrogen and oxygen atoms in total. The Morgan fingerprint density at radius 1 is 0.938 bits per heavy atom. The zero-order valence-electron chi connectivity index (χ0n) is 36.5. The lowest BCUT2D eigenvalue weighted by Gasteiger charge is -2.31. The van der Waals surface area contributed by atoms with Gasteiger partial charge < -0.3 is 30.5 Å². The SMILES string of the molecule is CC(C)(O)C#Cc1cccc(COc2cc(-c3cnc(C4CCN(C(=O)CCNC(=O)CCCCCCOc5cccc6c5C(=O)N(C5CCC(=O)NC5=O)C6=O)CC4)s3)cnc2N)c1. The molecule has 17 heteroatoms. The predicted octanol–water partition coefficient (Wildman–Crippen LogP) is 5.13. The van der Waals surface area contributed by atoms with E-state index in [1.807, 2.05) is 41.4 Å². The predicted molar refractivity (Wildman–Crippen MR) is 242 cm³/mol. The van der Waals surface area contributed by atoms with Gasteiger partial charge in [-0.3, -0.25) is 39.0 Å². The molecule has 2 saturated heterocycles. The number of nitrogens with two attached hydrogens (primary N) is 1. The summed E-state index contributed by atoms with van der Waals surface area (Å²) >= 11 is 1.60. The Hall–Kier alpha value is -6.64. The minimum absolute atomic E-state index is 0.0108. The molecule has 5 heterocycles. The first-order valence-corrected chi connectivity index (χ1v) is 22.8. The second-order valence-corrected chi connectivity index (χ2v) is 17.9. The van der Waals surface area contributed by atoms with Crippen LogP contribution in [0.4, 0.5) is 5.82 Å². The molecular weight excluding hydrogens is 851 g/mol. The van der Waals surface area contributed by atoms with Gasteiger partial charge in [0.05, 0.1) is 27.6 Å². The van der Waals surface area contributed by atoms with Crippen LogP contribution in [0.1, 0.15) is 121 Å². The van der Waals surface area contributed by atoms with Gasteiger partial charge in [0.15, 0.2) is 11.6 Å². The highest BCUT2D eigenvalue weighted by Crippen LogP contribution is 2.37. The minimum atomic E-state index is -1.09. The lowest BCUT2D eigenvalue weighted by atomic mass is 9.97. The van der Waals surface area contributed by atoms with Crippen LogP contribution in [0, 0.1) is 11.8 Å². The summed E-state index contributed by atoms with van der Waals surface area (Å²) in [5.41, 5.74) is 7.89. The van der Waals surface area contributed by atoms with Gasteiger partial charge in [0, 0.05) is 68.3 Å². The number of hydrogen-bond donors (Lipinski definition) is 4. The van der Waals surface area contributed by atoms with Crippen LogP contribution in [-0.2, 0) is 25.8 Å². The molecule has 0 spiro atoms. The van der Waals surface area contributed by atoms with Crippen molar-refractivity contribution in [3.05, 3.63) is 88.2 Å². The summed E-state index contributed by atoms with van der Waals surface area (Å²) in [6.07, 6.45) is 8.71. The van der Waals surface area contributed by atoms with Crippen LogP contribution in [0.2, 0.25) is 0 Å². The van der Waals surface area contributed by atoms with Gasteiger partial charge in [0.25, 0.3) is 11.8 Å². The number of carbonyl (C=O) groups excluding carboxylic acids is 6. The summed E-state index contributed by atoms with van der Waals surface area (Å²) in [5, 5.41) is 16.0. The molecule has 4 aromatic rings. The first-order chi connectivity index (χ1) is 31.2. The number of anilines is 1. The van der Waals surface area contributed by atoms with E-state index < -0.39 is 35.3 Å². The third-order valence-electron chi connectivity index (χ3n) is 11.4. The smallest absolute Gasteiger partial charge is 0.266 e. The number of rotatable bonds is 17. The van der Waals surface area contributed by atoms with E-state index in [0.29, 0.717) is 44.7 Å². The Balaban J connectivity index is 0.768. The summed E-state index contributed by atoms with van der Waals surface area (Å²) < 4.78 is 12.0. The topological polar surface area (TPSA) is 223 Å². The largest absolute Gasteiger partial charge is 0.493 e. The third-order valence-corrected chi connectivity index (χ3v) is 12.6. The van der Waals surface area contributed by atoms with Crippen LogP contribution in [0.25, 0.3) is 10.4 Å². The molecule has 3 aliphatic rings. The molecule has 0 radical (unpaired) electrons. The number of hydrogen-bond acceptors (Lipinski definition) is 13. The van der Waals surface area contributed by atoms with Crippen molar-refractivity contribution in [2.45, 2.75) is 102 Å². The van der Waals surface area contributed by atoms with Crippen molar-refractivity contribution in [1.29, 1.82) is 0 Å². The number of fused-ring (bicyclic) bond motifs is 1. The molecule has 3 aliphatic heterocycles. The molecule has 0 aliphatic carbocycles. The molecule has 65 heavy (non-hydrogen) atoms. The van der Waals surface area contributed by atoms with Crippen LogP contribution in [0.3, 0.4) is 0 Å². The molecule has 1 atom stereocenters. The number of imide groups is 2. The van der Waals surface area contributed by atoms with E-state index in [1.165, 1.54) is 6.07 Å². The van der Waals surface area contributed by atoms with E-state index in [1.54, 1.807) is 43.5 Å². The zero-order chi connectivity index (χ0) is 46.1. The Morgan fingerprint density at radius 3 is 2.51 bits per heavy atom. The highest BCUT2D eigenvalue weighted by Gasteiger charge is 2.46. The molecule has 2 aromatic carbocycles. The van der Waals surface area contributed by atoms with Gasteiger partial charge in [-0.15, -0.1) is 11.3 Å². The van der Waals surface area contributed by atoms with Gasteiger partial charge >= 0.3 is 0 Å². The average molecular weight is 904 g/mol. The van der Waals surface area contributed by atoms with E-state index in [0.717, 1.165) is 57.2 Å². The molecule has 2 aromatic heterocycles. The van der Waals surface area contributed by atoms with Gasteiger partial charge in [-0.25, -0.2) is 9.97 Å². The number of amides is 6. The van der Waals surface area contributed by atoms with Crippen molar-refractivity contribution in [3.63, 3.8) is 0 Å². The second-order valence-electron chi connectivity index (χ2n) is 16.9. The Morgan fingerprint density at radius 2 is 1.72 bits per heavy atom. The van der Waals surface area contributed by atoms with E-state index in [2.05, 4.69) is 27.5 Å². The van der Waals surface area contributed by atoms with Crippen LogP contribution in [0.5, 0.6) is 11.5 Å². The maximum absolute atomic E-state index is 13.3. The quantitative estimate of drug-likeness (QED) is 0.0615. The lowest BCUT2D eigenvalue weighted by molar-refractivity contribution is -0.136. The average Bonchev–Trinajstić information content (AvgIpc) is 3.88. The maximum atomic E-state index is 13.3. The fourth-order valence-electron chi connectivity index (χ4n) is 7.90. The van der Waals surface area contributed by atoms with Crippen molar-refractivity contribution in [2.75, 3.05) is 32.0 Å². The fourth-order valence-corrected chi connectivity index (χ4v) is 8.97. The summed E-state index contributed by atoms with van der Waals surface area (Å²) in [4.78, 5) is 88.6. The number of aliphatic hydroxyl groups is 1. The van der Waals surface area contributed by atoms with Crippen LogP contribution >= 0.6 is 11.3 Å². The molecule has 7 rings (SSSR count). The molecule has 1 unspecified atom stereocenters. The van der Waals surface area contributed by atoms with Gasteiger partial charge in [-0.2, -0.15) is 0 Å². The number of pyridine rings is 1. The monoisotopic (exact) mass is 903 g/mol. The number of aromatic nitrogens is 2. The number of nitrogen functional groups attached to an aromatic ring is 1. The van der Waals surface area contributed by atoms with Crippen molar-refractivity contribution in [3.8, 4) is 33.8 Å². The van der Waals surface area contributed by atoms with Gasteiger partial charge in [0.1, 0.15) is 24.0 Å². The number of ether oxygens (including phenoxy) is 2. The molecule has 0 saturated carbocycles. The van der Waals surface area contributed by atoms with E-state index in [4.69, 9.17) is 20.2 Å². The van der Waals surface area contributed by atoms with Crippen LogP contribution in [-0.4, -0.2) is 98.2 Å². The van der Waals surface area contributed by atoms with Crippen molar-refractivity contribution >= 4 is 52.6 Å². The van der Waals surface area contributed by atoms with Crippen molar-refractivity contribution < 1.29 is 43.3 Å². The first-order valence-electron chi connectivity index (χ1n) is 21.9. The number of nitrogens with zero attached hydrogens (tertiary/aromatic N) is 4. The lowest BCUT2D eigenvalue weighted by Crippen LogP contribution is -2.54. The van der Waals surface area contributed by atoms with Crippen molar-refractivity contribution in [2.24, 2.45) is 0 Å². The molecule has 2 fully saturated rings. The number of carbonyl (C=O) groups is 6. The summed E-state index contributed by atoms with van der Waals surface area (Å²) in [6.45, 7) is 5.34. The molecule has 6 amide bonds. The van der Waals surface area contributed by atoms with E-state index >= 15 is 0 Å². The number of unbranched alkanes of at least 4 members (excludes halogenated alkanes) is 3. The second kappa shape index (κ2) is 20.9. The van der Waals surface area contributed by atoms with E-state index in [9.17, 15) is 33.9 Å². The zero-order valence-corrected chi connectivity index (χ0v) is 37.3. The molecule has 0 bridgehead atoms. The summed E-state index contributed by atoms with van der Waals surface area (Å²) in [5.74, 6) is 4.65.